The van der Waals surface area contributed by atoms with E-state index in [4.69, 9.17) is 14.2 Å². The lowest BCUT2D eigenvalue weighted by molar-refractivity contribution is -0.167. The van der Waals surface area contributed by atoms with Crippen molar-refractivity contribution in [1.29, 1.82) is 0 Å². The van der Waals surface area contributed by atoms with Crippen molar-refractivity contribution in [2.75, 3.05) is 13.2 Å². The van der Waals surface area contributed by atoms with Crippen LogP contribution in [-0.4, -0.2) is 37.2 Å². The summed E-state index contributed by atoms with van der Waals surface area (Å²) in [5.41, 5.74) is 0. The Bertz CT molecular complexity index is 980. The molecule has 0 rings (SSSR count). The average molecular weight is 771 g/mol. The van der Waals surface area contributed by atoms with Gasteiger partial charge in [-0.25, -0.2) is 0 Å². The van der Waals surface area contributed by atoms with Gasteiger partial charge in [0, 0.05) is 19.3 Å². The minimum absolute atomic E-state index is 0.0916. The molecule has 0 fully saturated rings. The molecule has 0 heterocycles. The van der Waals surface area contributed by atoms with Crippen molar-refractivity contribution in [3.05, 3.63) is 48.6 Å². The molecule has 0 amide bonds. The third kappa shape index (κ3) is 42.4. The fraction of sp³-hybridized carbons (Fsp3) is 0.776. The number of hydrogen-bond acceptors (Lipinski definition) is 6. The van der Waals surface area contributed by atoms with Crippen LogP contribution >= 0.6 is 0 Å². The van der Waals surface area contributed by atoms with Crippen molar-refractivity contribution in [1.82, 2.24) is 0 Å². The largest absolute Gasteiger partial charge is 0.462 e. The summed E-state index contributed by atoms with van der Waals surface area (Å²) >= 11 is 0. The molecule has 0 aliphatic carbocycles. The number of esters is 3. The lowest BCUT2D eigenvalue weighted by Gasteiger charge is -2.18. The Kier molecular flexibility index (Phi) is 42.0. The van der Waals surface area contributed by atoms with Crippen LogP contribution in [0.2, 0.25) is 0 Å². The molecule has 318 valence electrons. The highest BCUT2D eigenvalue weighted by atomic mass is 16.6. The molecule has 6 nitrogen and oxygen atoms in total. The van der Waals surface area contributed by atoms with Crippen molar-refractivity contribution >= 4 is 17.9 Å². The van der Waals surface area contributed by atoms with E-state index in [1.165, 1.54) is 96.3 Å². The van der Waals surface area contributed by atoms with Crippen LogP contribution in [0.5, 0.6) is 0 Å². The number of allylic oxidation sites excluding steroid dienone is 8. The first-order valence-corrected chi connectivity index (χ1v) is 23.1. The van der Waals surface area contributed by atoms with Crippen LogP contribution in [0.15, 0.2) is 48.6 Å². The van der Waals surface area contributed by atoms with E-state index >= 15 is 0 Å². The van der Waals surface area contributed by atoms with Crippen molar-refractivity contribution in [3.63, 3.8) is 0 Å². The van der Waals surface area contributed by atoms with Gasteiger partial charge >= 0.3 is 17.9 Å². The maximum Gasteiger partial charge on any atom is 0.306 e. The first kappa shape index (κ1) is 52.4. The highest BCUT2D eigenvalue weighted by Crippen LogP contribution is 2.14. The molecule has 0 spiro atoms. The number of carbonyl (C=O) groups excluding carboxylic acids is 3. The molecule has 0 saturated heterocycles. The first-order chi connectivity index (χ1) is 27.0. The molecule has 1 unspecified atom stereocenters. The van der Waals surface area contributed by atoms with Gasteiger partial charge in [-0.05, 0) is 77.0 Å². The standard InChI is InChI=1S/C49H86O6/c1-4-7-10-13-16-19-22-25-28-30-33-36-39-42-48(51)54-45-46(55-49(52)43-40-37-34-31-27-24-21-18-15-12-9-6-3)44-53-47(50)41-38-35-32-29-26-23-20-17-14-11-8-5-2/h9,12,18,21,25,27-28,31,46H,4-8,10-11,13-17,19-20,22-24,26,29-30,32-45H2,1-3H3/b12-9-,21-18-,28-25-,31-27-. The Morgan fingerprint density at radius 3 is 1.18 bits per heavy atom. The predicted octanol–water partition coefficient (Wildman–Crippen LogP) is 14.8. The summed E-state index contributed by atoms with van der Waals surface area (Å²) < 4.78 is 16.7. The van der Waals surface area contributed by atoms with E-state index in [1.54, 1.807) is 0 Å². The normalized spacial score (nSPS) is 12.4. The SMILES string of the molecule is CC/C=C\C/C=C\C/C=C\CCCCC(=O)OC(COC(=O)CCCCC/C=C\CCCCCCCC)COC(=O)CCCCCCCCCCCCCC. The summed E-state index contributed by atoms with van der Waals surface area (Å²) in [4.78, 5) is 37.7. The van der Waals surface area contributed by atoms with Gasteiger partial charge in [-0.15, -0.1) is 0 Å². The Labute approximate surface area is 339 Å². The second kappa shape index (κ2) is 44.1. The van der Waals surface area contributed by atoms with Crippen LogP contribution in [0, 0.1) is 0 Å². The molecule has 55 heavy (non-hydrogen) atoms. The summed E-state index contributed by atoms with van der Waals surface area (Å²) in [6.07, 6.45) is 51.0. The molecular weight excluding hydrogens is 685 g/mol. The van der Waals surface area contributed by atoms with Gasteiger partial charge in [-0.1, -0.05) is 179 Å². The maximum absolute atomic E-state index is 12.7. The van der Waals surface area contributed by atoms with Crippen molar-refractivity contribution < 1.29 is 28.6 Å². The zero-order valence-electron chi connectivity index (χ0n) is 36.2. The van der Waals surface area contributed by atoms with Gasteiger partial charge in [0.1, 0.15) is 13.2 Å². The molecule has 0 aliphatic rings. The molecule has 0 aliphatic heterocycles. The monoisotopic (exact) mass is 771 g/mol. The number of ether oxygens (including phenoxy) is 3. The van der Waals surface area contributed by atoms with Gasteiger partial charge in [0.2, 0.25) is 0 Å². The van der Waals surface area contributed by atoms with Crippen LogP contribution < -0.4 is 0 Å². The van der Waals surface area contributed by atoms with Crippen LogP contribution in [0.3, 0.4) is 0 Å². The number of rotatable bonds is 41. The third-order valence-corrected chi connectivity index (χ3v) is 9.82. The van der Waals surface area contributed by atoms with E-state index in [1.807, 2.05) is 0 Å². The molecule has 1 atom stereocenters. The summed E-state index contributed by atoms with van der Waals surface area (Å²) in [5.74, 6) is -0.948. The Balaban J connectivity index is 4.44. The Morgan fingerprint density at radius 1 is 0.382 bits per heavy atom. The molecule has 0 bridgehead atoms. The fourth-order valence-corrected chi connectivity index (χ4v) is 6.33. The summed E-state index contributed by atoms with van der Waals surface area (Å²) in [6, 6.07) is 0. The third-order valence-electron chi connectivity index (χ3n) is 9.82. The topological polar surface area (TPSA) is 78.9 Å². The predicted molar refractivity (Wildman–Crippen MR) is 233 cm³/mol. The highest BCUT2D eigenvalue weighted by Gasteiger charge is 2.19. The highest BCUT2D eigenvalue weighted by molar-refractivity contribution is 5.71. The molecule has 6 heteroatoms. The van der Waals surface area contributed by atoms with Gasteiger partial charge in [-0.2, -0.15) is 0 Å². The Hall–Kier alpha value is -2.63. The summed E-state index contributed by atoms with van der Waals surface area (Å²) in [7, 11) is 0. The minimum atomic E-state index is -0.794. The van der Waals surface area contributed by atoms with Crippen molar-refractivity contribution in [2.24, 2.45) is 0 Å². The molecule has 0 radical (unpaired) electrons. The van der Waals surface area contributed by atoms with E-state index in [2.05, 4.69) is 69.4 Å². The molecule has 0 saturated carbocycles. The van der Waals surface area contributed by atoms with Crippen LogP contribution in [0.25, 0.3) is 0 Å². The summed E-state index contributed by atoms with van der Waals surface area (Å²) in [5, 5.41) is 0. The van der Waals surface area contributed by atoms with Crippen LogP contribution in [-0.2, 0) is 28.6 Å². The smallest absolute Gasteiger partial charge is 0.306 e. The molecule has 0 aromatic rings. The number of hydrogen-bond donors (Lipinski definition) is 0. The van der Waals surface area contributed by atoms with Crippen molar-refractivity contribution in [2.45, 2.75) is 232 Å². The van der Waals surface area contributed by atoms with E-state index in [0.29, 0.717) is 19.3 Å². The average Bonchev–Trinajstić information content (AvgIpc) is 3.18. The quantitative estimate of drug-likeness (QED) is 0.0267. The van der Waals surface area contributed by atoms with Gasteiger partial charge in [0.15, 0.2) is 6.10 Å². The minimum Gasteiger partial charge on any atom is -0.462 e. The first-order valence-electron chi connectivity index (χ1n) is 23.1. The van der Waals surface area contributed by atoms with Gasteiger partial charge in [0.25, 0.3) is 0 Å². The molecular formula is C49H86O6. The van der Waals surface area contributed by atoms with Crippen molar-refractivity contribution in [3.8, 4) is 0 Å². The Morgan fingerprint density at radius 2 is 0.709 bits per heavy atom. The van der Waals surface area contributed by atoms with Gasteiger partial charge < -0.3 is 14.2 Å². The number of carbonyl (C=O) groups is 3. The fourth-order valence-electron chi connectivity index (χ4n) is 6.33. The molecule has 0 aromatic heterocycles. The zero-order chi connectivity index (χ0) is 40.1. The van der Waals surface area contributed by atoms with E-state index < -0.39 is 6.10 Å². The lowest BCUT2D eigenvalue weighted by Crippen LogP contribution is -2.30. The second-order valence-electron chi connectivity index (χ2n) is 15.3. The lowest BCUT2D eigenvalue weighted by atomic mass is 10.0. The molecule has 0 N–H and O–H groups in total. The van der Waals surface area contributed by atoms with Gasteiger partial charge in [0.05, 0.1) is 0 Å². The van der Waals surface area contributed by atoms with E-state index in [0.717, 1.165) is 83.5 Å². The van der Waals surface area contributed by atoms with E-state index in [9.17, 15) is 14.4 Å². The van der Waals surface area contributed by atoms with Crippen LogP contribution in [0.1, 0.15) is 226 Å². The number of unbranched alkanes of at least 4 members (excludes halogenated alkanes) is 22. The second-order valence-corrected chi connectivity index (χ2v) is 15.3. The zero-order valence-corrected chi connectivity index (χ0v) is 36.2. The molecule has 0 aromatic carbocycles. The summed E-state index contributed by atoms with van der Waals surface area (Å²) in [6.45, 7) is 6.45. The van der Waals surface area contributed by atoms with Gasteiger partial charge in [-0.3, -0.25) is 14.4 Å². The van der Waals surface area contributed by atoms with Crippen LogP contribution in [0.4, 0.5) is 0 Å². The van der Waals surface area contributed by atoms with E-state index in [-0.39, 0.29) is 37.5 Å². The maximum atomic E-state index is 12.7.